The highest BCUT2D eigenvalue weighted by Crippen LogP contribution is 2.39. The minimum atomic E-state index is -0.491. The van der Waals surface area contributed by atoms with Crippen molar-refractivity contribution in [1.82, 2.24) is 14.4 Å². The zero-order valence-corrected chi connectivity index (χ0v) is 25.0. The Labute approximate surface area is 249 Å². The minimum absolute atomic E-state index is 0.193. The van der Waals surface area contributed by atoms with Crippen LogP contribution in [0.3, 0.4) is 0 Å². The summed E-state index contributed by atoms with van der Waals surface area (Å²) in [5.41, 5.74) is 6.96. The van der Waals surface area contributed by atoms with Gasteiger partial charge in [-0.3, -0.25) is 9.80 Å². The molecule has 0 aliphatic carbocycles. The van der Waals surface area contributed by atoms with Crippen molar-refractivity contribution in [3.63, 3.8) is 0 Å². The fraction of sp³-hybridized carbons (Fsp3) is 0.371. The van der Waals surface area contributed by atoms with Gasteiger partial charge in [-0.2, -0.15) is 0 Å². The highest BCUT2D eigenvalue weighted by Gasteiger charge is 2.22. The van der Waals surface area contributed by atoms with E-state index in [2.05, 4.69) is 76.0 Å². The molecule has 1 fully saturated rings. The molecule has 2 N–H and O–H groups in total. The standard InChI is InChI=1S/C35H43N3O4/c1-4-31(35(26-9-13-29(41-2)14-10-26)27-11-15-30(42-3)16-12-27)33-25-38(34-8-6-5-7-32(33)34)24-28(40)23-37-19-17-36(18-20-37)21-22-39/h5-16,25,28,39-40H,4,17-24H2,1-3H3/t28-/m1/s1. The quantitative estimate of drug-likeness (QED) is 0.250. The lowest BCUT2D eigenvalue weighted by atomic mass is 9.88. The highest BCUT2D eigenvalue weighted by molar-refractivity contribution is 6.05. The predicted molar refractivity (Wildman–Crippen MR) is 170 cm³/mol. The van der Waals surface area contributed by atoms with E-state index in [0.29, 0.717) is 13.1 Å². The molecule has 2 heterocycles. The first-order valence-electron chi connectivity index (χ1n) is 14.9. The number of rotatable bonds is 12. The van der Waals surface area contributed by atoms with Gasteiger partial charge in [0.05, 0.1) is 26.9 Å². The van der Waals surface area contributed by atoms with Crippen LogP contribution in [0.1, 0.15) is 30.0 Å². The second-order valence-electron chi connectivity index (χ2n) is 10.9. The number of allylic oxidation sites excluding steroid dienone is 1. The third-order valence-electron chi connectivity index (χ3n) is 8.28. The molecule has 1 saturated heterocycles. The van der Waals surface area contributed by atoms with Crippen LogP contribution in [0.4, 0.5) is 0 Å². The van der Waals surface area contributed by atoms with E-state index in [0.717, 1.165) is 67.3 Å². The SMILES string of the molecule is CCC(=C(c1ccc(OC)cc1)c1ccc(OC)cc1)c1cn(C[C@H](O)CN2CCN(CCO)CC2)c2ccccc12. The molecule has 1 atom stereocenters. The second-order valence-corrected chi connectivity index (χ2v) is 10.9. The topological polar surface area (TPSA) is 70.3 Å². The van der Waals surface area contributed by atoms with E-state index in [-0.39, 0.29) is 6.61 Å². The van der Waals surface area contributed by atoms with E-state index in [1.807, 2.05) is 24.3 Å². The van der Waals surface area contributed by atoms with Gasteiger partial charge in [-0.1, -0.05) is 49.4 Å². The average molecular weight is 570 g/mol. The van der Waals surface area contributed by atoms with Gasteiger partial charge in [-0.25, -0.2) is 0 Å². The number of methoxy groups -OCH3 is 2. The molecule has 0 bridgehead atoms. The van der Waals surface area contributed by atoms with Crippen LogP contribution in [-0.4, -0.2) is 90.8 Å². The van der Waals surface area contributed by atoms with Crippen LogP contribution in [0.25, 0.3) is 22.0 Å². The van der Waals surface area contributed by atoms with Gasteiger partial charge >= 0.3 is 0 Å². The number of aliphatic hydroxyl groups excluding tert-OH is 2. The molecule has 0 unspecified atom stereocenters. The fourth-order valence-corrected chi connectivity index (χ4v) is 6.09. The Kier molecular flexibility index (Phi) is 9.97. The number of hydrogen-bond acceptors (Lipinski definition) is 6. The number of aliphatic hydroxyl groups is 2. The van der Waals surface area contributed by atoms with Crippen LogP contribution in [0.2, 0.25) is 0 Å². The van der Waals surface area contributed by atoms with Gasteiger partial charge < -0.3 is 24.3 Å². The maximum atomic E-state index is 11.2. The third kappa shape index (κ3) is 6.71. The summed E-state index contributed by atoms with van der Waals surface area (Å²) >= 11 is 0. The smallest absolute Gasteiger partial charge is 0.118 e. The molecule has 4 aromatic rings. The van der Waals surface area contributed by atoms with Crippen LogP contribution in [0, 0.1) is 0 Å². The van der Waals surface area contributed by atoms with Crippen molar-refractivity contribution in [3.05, 3.63) is 95.7 Å². The lowest BCUT2D eigenvalue weighted by molar-refractivity contribution is 0.0596. The molecule has 1 aliphatic rings. The molecule has 1 aliphatic heterocycles. The maximum Gasteiger partial charge on any atom is 0.118 e. The second kappa shape index (κ2) is 14.0. The average Bonchev–Trinajstić information content (AvgIpc) is 3.38. The molecule has 3 aromatic carbocycles. The van der Waals surface area contributed by atoms with Gasteiger partial charge in [-0.15, -0.1) is 0 Å². The van der Waals surface area contributed by atoms with Crippen molar-refractivity contribution < 1.29 is 19.7 Å². The summed E-state index contributed by atoms with van der Waals surface area (Å²) in [6, 6.07) is 25.0. The van der Waals surface area contributed by atoms with Crippen molar-refractivity contribution in [2.24, 2.45) is 0 Å². The number of benzene rings is 3. The summed E-state index contributed by atoms with van der Waals surface area (Å²) in [6.45, 7) is 7.94. The molecule has 0 amide bonds. The van der Waals surface area contributed by atoms with Crippen LogP contribution in [0.5, 0.6) is 11.5 Å². The maximum absolute atomic E-state index is 11.2. The molecule has 7 heteroatoms. The van der Waals surface area contributed by atoms with Crippen molar-refractivity contribution in [3.8, 4) is 11.5 Å². The number of para-hydroxylation sites is 1. The van der Waals surface area contributed by atoms with E-state index in [4.69, 9.17) is 9.47 Å². The molecule has 42 heavy (non-hydrogen) atoms. The van der Waals surface area contributed by atoms with E-state index < -0.39 is 6.10 Å². The van der Waals surface area contributed by atoms with Crippen LogP contribution >= 0.6 is 0 Å². The number of nitrogens with zero attached hydrogens (tertiary/aromatic N) is 3. The number of ether oxygens (including phenoxy) is 2. The van der Waals surface area contributed by atoms with Crippen molar-refractivity contribution >= 4 is 22.0 Å². The first-order valence-corrected chi connectivity index (χ1v) is 14.9. The van der Waals surface area contributed by atoms with E-state index in [1.165, 1.54) is 22.1 Å². The zero-order valence-electron chi connectivity index (χ0n) is 25.0. The summed E-state index contributed by atoms with van der Waals surface area (Å²) in [4.78, 5) is 4.60. The van der Waals surface area contributed by atoms with Gasteiger partial charge in [0.1, 0.15) is 11.5 Å². The largest absolute Gasteiger partial charge is 0.497 e. The molecule has 7 nitrogen and oxygen atoms in total. The monoisotopic (exact) mass is 569 g/mol. The number of β-amino-alcohol motifs (C(OH)–C–C–N with tert-alkyl or cyclic N) is 2. The Bertz CT molecular complexity index is 1420. The van der Waals surface area contributed by atoms with Gasteiger partial charge in [-0.05, 0) is 59.0 Å². The predicted octanol–water partition coefficient (Wildman–Crippen LogP) is 5.00. The number of aromatic nitrogens is 1. The highest BCUT2D eigenvalue weighted by atomic mass is 16.5. The van der Waals surface area contributed by atoms with Crippen LogP contribution in [0.15, 0.2) is 79.0 Å². The van der Waals surface area contributed by atoms with Crippen LogP contribution < -0.4 is 9.47 Å². The Morgan fingerprint density at radius 2 is 1.36 bits per heavy atom. The summed E-state index contributed by atoms with van der Waals surface area (Å²) in [6.07, 6.45) is 2.57. The first-order chi connectivity index (χ1) is 20.5. The van der Waals surface area contributed by atoms with Gasteiger partial charge in [0.2, 0.25) is 0 Å². The molecule has 222 valence electrons. The van der Waals surface area contributed by atoms with E-state index in [9.17, 15) is 10.2 Å². The molecule has 5 rings (SSSR count). The van der Waals surface area contributed by atoms with Crippen molar-refractivity contribution in [1.29, 1.82) is 0 Å². The van der Waals surface area contributed by atoms with Gasteiger partial charge in [0.15, 0.2) is 0 Å². The Morgan fingerprint density at radius 3 is 1.90 bits per heavy atom. The number of piperazine rings is 1. The van der Waals surface area contributed by atoms with Gasteiger partial charge in [0, 0.05) is 68.5 Å². The molecule has 1 aromatic heterocycles. The lowest BCUT2D eigenvalue weighted by Crippen LogP contribution is -2.49. The zero-order chi connectivity index (χ0) is 29.5. The van der Waals surface area contributed by atoms with Crippen molar-refractivity contribution in [2.45, 2.75) is 26.0 Å². The van der Waals surface area contributed by atoms with E-state index in [1.54, 1.807) is 14.2 Å². The lowest BCUT2D eigenvalue weighted by Gasteiger charge is -2.35. The fourth-order valence-electron chi connectivity index (χ4n) is 6.09. The Morgan fingerprint density at radius 1 is 0.786 bits per heavy atom. The normalized spacial score (nSPS) is 15.1. The summed E-state index contributed by atoms with van der Waals surface area (Å²) in [5, 5.41) is 21.6. The summed E-state index contributed by atoms with van der Waals surface area (Å²) < 4.78 is 13.1. The van der Waals surface area contributed by atoms with Gasteiger partial charge in [0.25, 0.3) is 0 Å². The summed E-state index contributed by atoms with van der Waals surface area (Å²) in [5.74, 6) is 1.65. The Hall–Kier alpha value is -3.62. The molecule has 0 radical (unpaired) electrons. The van der Waals surface area contributed by atoms with Crippen LogP contribution in [-0.2, 0) is 6.54 Å². The number of fused-ring (bicyclic) bond motifs is 1. The van der Waals surface area contributed by atoms with Crippen molar-refractivity contribution in [2.75, 3.05) is 60.1 Å². The molecule has 0 saturated carbocycles. The minimum Gasteiger partial charge on any atom is -0.497 e. The molecular formula is C35H43N3O4. The molecule has 0 spiro atoms. The first kappa shape index (κ1) is 29.9. The molecular weight excluding hydrogens is 526 g/mol. The Balaban J connectivity index is 1.51. The summed E-state index contributed by atoms with van der Waals surface area (Å²) in [7, 11) is 3.38. The van der Waals surface area contributed by atoms with E-state index >= 15 is 0 Å². The third-order valence-corrected chi connectivity index (χ3v) is 8.28. The number of hydrogen-bond donors (Lipinski definition) is 2.